The van der Waals surface area contributed by atoms with E-state index >= 15 is 0 Å². The summed E-state index contributed by atoms with van der Waals surface area (Å²) in [5, 5.41) is 2.74. The smallest absolute Gasteiger partial charge is 0.325 e. The van der Waals surface area contributed by atoms with Gasteiger partial charge < -0.3 is 9.88 Å². The molecule has 1 N–H and O–H groups in total. The highest BCUT2D eigenvalue weighted by Gasteiger charge is 2.50. The van der Waals surface area contributed by atoms with Gasteiger partial charge in [-0.15, -0.1) is 0 Å². The molecule has 1 fully saturated rings. The van der Waals surface area contributed by atoms with Crippen molar-refractivity contribution >= 4 is 33.7 Å². The van der Waals surface area contributed by atoms with E-state index in [1.807, 2.05) is 43.5 Å². The maximum absolute atomic E-state index is 13.0. The molecule has 1 aliphatic heterocycles. The number of aromatic nitrogens is 1. The molecule has 7 heteroatoms. The van der Waals surface area contributed by atoms with Gasteiger partial charge in [-0.05, 0) is 39.8 Å². The first-order chi connectivity index (χ1) is 12.7. The summed E-state index contributed by atoms with van der Waals surface area (Å²) < 4.78 is 2.76. The van der Waals surface area contributed by atoms with E-state index in [0.29, 0.717) is 11.1 Å². The SMILES string of the molecule is CCn1c(C)cc(C(=O)CN2C(=O)NC(C)(c3ccccc3Br)C2=O)c1C. The maximum Gasteiger partial charge on any atom is 0.325 e. The van der Waals surface area contributed by atoms with Gasteiger partial charge in [0.15, 0.2) is 5.78 Å². The summed E-state index contributed by atoms with van der Waals surface area (Å²) in [6.07, 6.45) is 0. The zero-order valence-electron chi connectivity index (χ0n) is 15.8. The highest BCUT2D eigenvalue weighted by atomic mass is 79.9. The van der Waals surface area contributed by atoms with E-state index in [-0.39, 0.29) is 12.3 Å². The summed E-state index contributed by atoms with van der Waals surface area (Å²) >= 11 is 3.43. The Balaban J connectivity index is 1.88. The number of nitrogens with one attached hydrogen (secondary N) is 1. The Hall–Kier alpha value is -2.41. The molecule has 0 bridgehead atoms. The van der Waals surface area contributed by atoms with Gasteiger partial charge in [0.05, 0.1) is 6.54 Å². The van der Waals surface area contributed by atoms with Gasteiger partial charge >= 0.3 is 6.03 Å². The van der Waals surface area contributed by atoms with E-state index in [9.17, 15) is 14.4 Å². The fourth-order valence-corrected chi connectivity index (χ4v) is 4.37. The predicted octanol–water partition coefficient (Wildman–Crippen LogP) is 3.54. The molecule has 0 radical (unpaired) electrons. The third kappa shape index (κ3) is 3.10. The van der Waals surface area contributed by atoms with Crippen LogP contribution in [-0.4, -0.2) is 33.7 Å². The van der Waals surface area contributed by atoms with Gasteiger partial charge in [-0.2, -0.15) is 0 Å². The lowest BCUT2D eigenvalue weighted by molar-refractivity contribution is -0.130. The second kappa shape index (κ2) is 6.96. The van der Waals surface area contributed by atoms with Crippen molar-refractivity contribution in [1.82, 2.24) is 14.8 Å². The number of ketones is 1. The molecule has 1 aliphatic rings. The van der Waals surface area contributed by atoms with Crippen molar-refractivity contribution < 1.29 is 14.4 Å². The van der Waals surface area contributed by atoms with Gasteiger partial charge in [-0.25, -0.2) is 4.79 Å². The molecule has 1 aromatic carbocycles. The van der Waals surface area contributed by atoms with Crippen LogP contribution < -0.4 is 5.32 Å². The zero-order chi connectivity index (χ0) is 19.9. The van der Waals surface area contributed by atoms with Gasteiger partial charge in [-0.1, -0.05) is 34.1 Å². The maximum atomic E-state index is 13.0. The highest BCUT2D eigenvalue weighted by Crippen LogP contribution is 2.33. The van der Waals surface area contributed by atoms with Crippen LogP contribution in [0.2, 0.25) is 0 Å². The van der Waals surface area contributed by atoms with Crippen LogP contribution in [0.25, 0.3) is 0 Å². The standard InChI is InChI=1S/C20H22BrN3O3/c1-5-23-12(2)10-14(13(23)3)17(25)11-24-18(26)20(4,22-19(24)27)15-8-6-7-9-16(15)21/h6-10H,5,11H2,1-4H3,(H,22,27). The minimum atomic E-state index is -1.21. The lowest BCUT2D eigenvalue weighted by Crippen LogP contribution is -2.41. The van der Waals surface area contributed by atoms with Crippen LogP contribution in [-0.2, 0) is 16.9 Å². The molecule has 0 saturated carbocycles. The molecule has 3 amide bonds. The van der Waals surface area contributed by atoms with Crippen molar-refractivity contribution in [2.24, 2.45) is 0 Å². The van der Waals surface area contributed by atoms with Crippen LogP contribution in [0.5, 0.6) is 0 Å². The molecule has 1 aromatic heterocycles. The number of carbonyl (C=O) groups excluding carboxylic acids is 3. The third-order valence-corrected chi connectivity index (χ3v) is 5.87. The van der Waals surface area contributed by atoms with Crippen LogP contribution in [0, 0.1) is 13.8 Å². The Labute approximate surface area is 166 Å². The molecule has 3 rings (SSSR count). The summed E-state index contributed by atoms with van der Waals surface area (Å²) in [5.41, 5.74) is 1.82. The molecular weight excluding hydrogens is 410 g/mol. The highest BCUT2D eigenvalue weighted by molar-refractivity contribution is 9.10. The average Bonchev–Trinajstić information content (AvgIpc) is 3.03. The Bertz CT molecular complexity index is 950. The number of hydrogen-bond acceptors (Lipinski definition) is 3. The van der Waals surface area contributed by atoms with E-state index in [1.165, 1.54) is 0 Å². The van der Waals surface area contributed by atoms with E-state index < -0.39 is 17.5 Å². The second-order valence-corrected chi connectivity index (χ2v) is 7.73. The first kappa shape index (κ1) is 19.4. The molecule has 27 heavy (non-hydrogen) atoms. The van der Waals surface area contributed by atoms with Crippen molar-refractivity contribution in [3.8, 4) is 0 Å². The lowest BCUT2D eigenvalue weighted by Gasteiger charge is -2.23. The largest absolute Gasteiger partial charge is 0.349 e. The Morgan fingerprint density at radius 2 is 1.89 bits per heavy atom. The van der Waals surface area contributed by atoms with E-state index in [1.54, 1.807) is 19.1 Å². The number of aryl methyl sites for hydroxylation is 1. The first-order valence-electron chi connectivity index (χ1n) is 8.79. The fraction of sp³-hybridized carbons (Fsp3) is 0.350. The van der Waals surface area contributed by atoms with Crippen LogP contribution in [0.4, 0.5) is 4.79 Å². The number of benzene rings is 1. The molecule has 0 aliphatic carbocycles. The van der Waals surface area contributed by atoms with E-state index in [4.69, 9.17) is 0 Å². The van der Waals surface area contributed by atoms with Gasteiger partial charge in [0.1, 0.15) is 5.54 Å². The molecule has 6 nitrogen and oxygen atoms in total. The molecule has 2 aromatic rings. The molecule has 1 saturated heterocycles. The van der Waals surface area contributed by atoms with Crippen molar-refractivity contribution in [3.63, 3.8) is 0 Å². The summed E-state index contributed by atoms with van der Waals surface area (Å²) in [7, 11) is 0. The Morgan fingerprint density at radius 3 is 2.48 bits per heavy atom. The molecule has 1 atom stereocenters. The predicted molar refractivity (Wildman–Crippen MR) is 106 cm³/mol. The summed E-state index contributed by atoms with van der Waals surface area (Å²) in [6, 6.07) is 8.49. The first-order valence-corrected chi connectivity index (χ1v) is 9.59. The van der Waals surface area contributed by atoms with Crippen molar-refractivity contribution in [1.29, 1.82) is 0 Å². The molecule has 0 spiro atoms. The van der Waals surface area contributed by atoms with E-state index in [2.05, 4.69) is 21.2 Å². The van der Waals surface area contributed by atoms with Crippen LogP contribution >= 0.6 is 15.9 Å². The van der Waals surface area contributed by atoms with Crippen molar-refractivity contribution in [2.75, 3.05) is 6.54 Å². The number of urea groups is 1. The van der Waals surface area contributed by atoms with Crippen LogP contribution in [0.3, 0.4) is 0 Å². The summed E-state index contributed by atoms with van der Waals surface area (Å²) in [4.78, 5) is 39.3. The fourth-order valence-electron chi connectivity index (χ4n) is 3.69. The number of halogens is 1. The minimum absolute atomic E-state index is 0.248. The van der Waals surface area contributed by atoms with Gasteiger partial charge in [0.2, 0.25) is 0 Å². The quantitative estimate of drug-likeness (QED) is 0.581. The Morgan fingerprint density at radius 1 is 1.22 bits per heavy atom. The van der Waals surface area contributed by atoms with Crippen LogP contribution in [0.15, 0.2) is 34.8 Å². The molecular formula is C20H22BrN3O3. The second-order valence-electron chi connectivity index (χ2n) is 6.88. The minimum Gasteiger partial charge on any atom is -0.349 e. The Kier molecular flexibility index (Phi) is 4.99. The molecule has 2 heterocycles. The number of nitrogens with zero attached hydrogens (tertiary/aromatic N) is 2. The number of amides is 3. The van der Waals surface area contributed by atoms with Gasteiger partial charge in [0.25, 0.3) is 5.91 Å². The molecule has 142 valence electrons. The van der Waals surface area contributed by atoms with Gasteiger partial charge in [0, 0.05) is 33.5 Å². The average molecular weight is 432 g/mol. The normalized spacial score (nSPS) is 19.5. The number of rotatable bonds is 5. The summed E-state index contributed by atoms with van der Waals surface area (Å²) in [5.74, 6) is -0.681. The summed E-state index contributed by atoms with van der Waals surface area (Å²) in [6.45, 7) is 7.95. The lowest BCUT2D eigenvalue weighted by atomic mass is 9.92. The van der Waals surface area contributed by atoms with Crippen molar-refractivity contribution in [3.05, 3.63) is 57.3 Å². The van der Waals surface area contributed by atoms with Gasteiger partial charge in [-0.3, -0.25) is 14.5 Å². The number of Topliss-reactive ketones (excluding diaryl/α,β-unsaturated/α-hetero) is 1. The van der Waals surface area contributed by atoms with Crippen LogP contribution in [0.1, 0.15) is 41.2 Å². The zero-order valence-corrected chi connectivity index (χ0v) is 17.4. The third-order valence-electron chi connectivity index (χ3n) is 5.18. The number of hydrogen-bond donors (Lipinski definition) is 1. The topological polar surface area (TPSA) is 71.4 Å². The molecule has 1 unspecified atom stereocenters. The van der Waals surface area contributed by atoms with Crippen molar-refractivity contribution in [2.45, 2.75) is 39.8 Å². The number of imide groups is 1. The monoisotopic (exact) mass is 431 g/mol. The number of carbonyl (C=O) groups is 3. The van der Waals surface area contributed by atoms with E-state index in [0.717, 1.165) is 27.3 Å².